The quantitative estimate of drug-likeness (QED) is 0.577. The molecule has 4 rings (SSSR count). The number of hydrogen-bond acceptors (Lipinski definition) is 4. The number of para-hydroxylation sites is 1. The summed E-state index contributed by atoms with van der Waals surface area (Å²) in [6, 6.07) is 17.9. The zero-order valence-electron chi connectivity index (χ0n) is 14.1. The number of fused-ring (bicyclic) bond motifs is 1. The highest BCUT2D eigenvalue weighted by atomic mass is 16.5. The number of pyridine rings is 1. The van der Waals surface area contributed by atoms with Crippen LogP contribution in [-0.4, -0.2) is 21.7 Å². The summed E-state index contributed by atoms with van der Waals surface area (Å²) in [6.07, 6.45) is 2.03. The third kappa shape index (κ3) is 2.59. The summed E-state index contributed by atoms with van der Waals surface area (Å²) in [5.74, 6) is 1.51. The molecule has 2 heterocycles. The lowest BCUT2D eigenvalue weighted by Crippen LogP contribution is -1.94. The third-order valence-corrected chi connectivity index (χ3v) is 4.36. The van der Waals surface area contributed by atoms with Crippen molar-refractivity contribution in [1.82, 2.24) is 14.6 Å². The molecule has 0 amide bonds. The van der Waals surface area contributed by atoms with Crippen LogP contribution in [0.4, 0.5) is 5.69 Å². The van der Waals surface area contributed by atoms with Gasteiger partial charge in [0.1, 0.15) is 5.75 Å². The highest BCUT2D eigenvalue weighted by Gasteiger charge is 2.13. The van der Waals surface area contributed by atoms with Gasteiger partial charge in [0.05, 0.1) is 12.7 Å². The van der Waals surface area contributed by atoms with Crippen molar-refractivity contribution >= 4 is 11.3 Å². The largest absolute Gasteiger partial charge is 0.496 e. The Hall–Kier alpha value is -3.34. The Balaban J connectivity index is 1.89. The lowest BCUT2D eigenvalue weighted by molar-refractivity contribution is 0.416. The van der Waals surface area contributed by atoms with E-state index in [1.165, 1.54) is 0 Å². The van der Waals surface area contributed by atoms with Crippen LogP contribution in [0.3, 0.4) is 0 Å². The van der Waals surface area contributed by atoms with Gasteiger partial charge in [-0.15, -0.1) is 10.2 Å². The molecule has 0 radical (unpaired) electrons. The third-order valence-electron chi connectivity index (χ3n) is 4.36. The molecular formula is C20H18N4O. The molecule has 0 saturated heterocycles. The number of nitrogen functional groups attached to an aromatic ring is 1. The van der Waals surface area contributed by atoms with Crippen LogP contribution >= 0.6 is 0 Å². The first kappa shape index (κ1) is 15.2. The number of anilines is 1. The van der Waals surface area contributed by atoms with Crippen LogP contribution in [0.2, 0.25) is 0 Å². The molecule has 2 aromatic carbocycles. The highest BCUT2D eigenvalue weighted by molar-refractivity contribution is 5.72. The van der Waals surface area contributed by atoms with Crippen molar-refractivity contribution in [3.05, 3.63) is 66.4 Å². The van der Waals surface area contributed by atoms with Gasteiger partial charge in [0.25, 0.3) is 0 Å². The Morgan fingerprint density at radius 2 is 1.76 bits per heavy atom. The molecule has 0 spiro atoms. The molecule has 2 N–H and O–H groups in total. The molecular weight excluding hydrogens is 312 g/mol. The number of rotatable bonds is 3. The molecule has 25 heavy (non-hydrogen) atoms. The molecule has 0 fully saturated rings. The maximum absolute atomic E-state index is 6.06. The van der Waals surface area contributed by atoms with Gasteiger partial charge >= 0.3 is 0 Å². The number of aryl methyl sites for hydroxylation is 1. The van der Waals surface area contributed by atoms with Gasteiger partial charge in [-0.3, -0.25) is 4.40 Å². The minimum Gasteiger partial charge on any atom is -0.496 e. The SMILES string of the molecule is COc1ccccc1-c1nnc2ccc(-c3ccc(C)c(N)c3)cn12. The fourth-order valence-corrected chi connectivity index (χ4v) is 2.89. The van der Waals surface area contributed by atoms with Crippen molar-refractivity contribution in [1.29, 1.82) is 0 Å². The second-order valence-corrected chi connectivity index (χ2v) is 5.94. The molecule has 0 atom stereocenters. The summed E-state index contributed by atoms with van der Waals surface area (Å²) in [4.78, 5) is 0. The van der Waals surface area contributed by atoms with E-state index in [1.54, 1.807) is 7.11 Å². The Morgan fingerprint density at radius 1 is 0.960 bits per heavy atom. The predicted molar refractivity (Wildman–Crippen MR) is 99.6 cm³/mol. The van der Waals surface area contributed by atoms with Crippen molar-refractivity contribution in [3.8, 4) is 28.3 Å². The van der Waals surface area contributed by atoms with Gasteiger partial charge in [0.15, 0.2) is 11.5 Å². The van der Waals surface area contributed by atoms with Crippen molar-refractivity contribution in [2.45, 2.75) is 6.92 Å². The Labute approximate surface area is 145 Å². The molecule has 5 nitrogen and oxygen atoms in total. The monoisotopic (exact) mass is 330 g/mol. The van der Waals surface area contributed by atoms with E-state index in [1.807, 2.05) is 66.1 Å². The second kappa shape index (κ2) is 5.94. The van der Waals surface area contributed by atoms with Crippen LogP contribution in [0.1, 0.15) is 5.56 Å². The summed E-state index contributed by atoms with van der Waals surface area (Å²) < 4.78 is 7.44. The maximum Gasteiger partial charge on any atom is 0.172 e. The summed E-state index contributed by atoms with van der Waals surface area (Å²) in [7, 11) is 1.66. The summed E-state index contributed by atoms with van der Waals surface area (Å²) in [6.45, 7) is 2.00. The second-order valence-electron chi connectivity index (χ2n) is 5.94. The minimum absolute atomic E-state index is 0.745. The number of aromatic nitrogens is 3. The van der Waals surface area contributed by atoms with Gasteiger partial charge in [0, 0.05) is 11.9 Å². The molecule has 5 heteroatoms. The van der Waals surface area contributed by atoms with Crippen molar-refractivity contribution < 1.29 is 4.74 Å². The van der Waals surface area contributed by atoms with Gasteiger partial charge in [-0.05, 0) is 53.9 Å². The maximum atomic E-state index is 6.06. The van der Waals surface area contributed by atoms with E-state index in [9.17, 15) is 0 Å². The lowest BCUT2D eigenvalue weighted by Gasteiger charge is -2.09. The van der Waals surface area contributed by atoms with Crippen LogP contribution in [0.15, 0.2) is 60.8 Å². The van der Waals surface area contributed by atoms with Crippen LogP contribution in [0.5, 0.6) is 5.75 Å². The predicted octanol–water partition coefficient (Wildman–Crippen LogP) is 3.96. The number of nitrogens with zero attached hydrogens (tertiary/aromatic N) is 3. The Morgan fingerprint density at radius 3 is 2.56 bits per heavy atom. The first-order chi connectivity index (χ1) is 12.2. The summed E-state index contributed by atoms with van der Waals surface area (Å²) >= 11 is 0. The van der Waals surface area contributed by atoms with Crippen LogP contribution in [-0.2, 0) is 0 Å². The van der Waals surface area contributed by atoms with E-state index < -0.39 is 0 Å². The van der Waals surface area contributed by atoms with E-state index in [4.69, 9.17) is 10.5 Å². The first-order valence-electron chi connectivity index (χ1n) is 8.02. The summed E-state index contributed by atoms with van der Waals surface area (Å²) in [5, 5.41) is 8.62. The number of hydrogen-bond donors (Lipinski definition) is 1. The molecule has 0 unspecified atom stereocenters. The van der Waals surface area contributed by atoms with Gasteiger partial charge in [-0.2, -0.15) is 0 Å². The number of benzene rings is 2. The average Bonchev–Trinajstić information content (AvgIpc) is 3.07. The van der Waals surface area contributed by atoms with Crippen molar-refractivity contribution in [3.63, 3.8) is 0 Å². The molecule has 0 aliphatic carbocycles. The lowest BCUT2D eigenvalue weighted by atomic mass is 10.0. The smallest absolute Gasteiger partial charge is 0.172 e. The number of nitrogens with two attached hydrogens (primary N) is 1. The van der Waals surface area contributed by atoms with Gasteiger partial charge in [-0.1, -0.05) is 24.3 Å². The number of ether oxygens (including phenoxy) is 1. The van der Waals surface area contributed by atoms with Gasteiger partial charge < -0.3 is 10.5 Å². The van der Waals surface area contributed by atoms with Crippen molar-refractivity contribution in [2.75, 3.05) is 12.8 Å². The Kier molecular flexibility index (Phi) is 3.61. The minimum atomic E-state index is 0.745. The van der Waals surface area contributed by atoms with E-state index in [2.05, 4.69) is 16.3 Å². The van der Waals surface area contributed by atoms with E-state index in [0.717, 1.165) is 45.2 Å². The van der Waals surface area contributed by atoms with Gasteiger partial charge in [0.2, 0.25) is 0 Å². The molecule has 0 saturated carbocycles. The number of methoxy groups -OCH3 is 1. The zero-order valence-corrected chi connectivity index (χ0v) is 14.1. The molecule has 4 aromatic rings. The normalized spacial score (nSPS) is 11.0. The first-order valence-corrected chi connectivity index (χ1v) is 8.02. The van der Waals surface area contributed by atoms with E-state index >= 15 is 0 Å². The van der Waals surface area contributed by atoms with Crippen LogP contribution < -0.4 is 10.5 Å². The molecule has 124 valence electrons. The molecule has 2 aromatic heterocycles. The van der Waals surface area contributed by atoms with E-state index in [-0.39, 0.29) is 0 Å². The van der Waals surface area contributed by atoms with Crippen LogP contribution in [0, 0.1) is 6.92 Å². The Bertz CT molecular complexity index is 1070. The summed E-state index contributed by atoms with van der Waals surface area (Å²) in [5.41, 5.74) is 11.7. The zero-order chi connectivity index (χ0) is 17.4. The topological polar surface area (TPSA) is 65.4 Å². The average molecular weight is 330 g/mol. The fourth-order valence-electron chi connectivity index (χ4n) is 2.89. The fraction of sp³-hybridized carbons (Fsp3) is 0.100. The molecule has 0 aliphatic rings. The molecule has 0 aliphatic heterocycles. The van der Waals surface area contributed by atoms with Gasteiger partial charge in [-0.25, -0.2) is 0 Å². The molecule has 0 bridgehead atoms. The highest BCUT2D eigenvalue weighted by Crippen LogP contribution is 2.30. The van der Waals surface area contributed by atoms with E-state index in [0.29, 0.717) is 0 Å². The van der Waals surface area contributed by atoms with Crippen molar-refractivity contribution in [2.24, 2.45) is 0 Å². The van der Waals surface area contributed by atoms with Crippen LogP contribution in [0.25, 0.3) is 28.2 Å². The standard InChI is InChI=1S/C20H18N4O/c1-13-7-8-14(11-17(13)21)15-9-10-19-22-23-20(24(19)12-15)16-5-3-4-6-18(16)25-2/h3-12H,21H2,1-2H3.